The van der Waals surface area contributed by atoms with Gasteiger partial charge in [-0.1, -0.05) is 12.1 Å². The largest absolute Gasteiger partial charge is 0.495 e. The number of carbonyl (C=O) groups is 2. The van der Waals surface area contributed by atoms with E-state index in [0.29, 0.717) is 17.1 Å². The lowest BCUT2D eigenvalue weighted by atomic mass is 10.1. The molecule has 2 aromatic rings. The van der Waals surface area contributed by atoms with Crippen LogP contribution >= 0.6 is 0 Å². The predicted octanol–water partition coefficient (Wildman–Crippen LogP) is 3.26. The fourth-order valence-electron chi connectivity index (χ4n) is 3.02. The van der Waals surface area contributed by atoms with E-state index in [1.807, 2.05) is 24.3 Å². The zero-order chi connectivity index (χ0) is 18.4. The van der Waals surface area contributed by atoms with Crippen LogP contribution in [0.15, 0.2) is 48.5 Å². The van der Waals surface area contributed by atoms with Gasteiger partial charge >= 0.3 is 11.8 Å². The Morgan fingerprint density at radius 2 is 1.54 bits per heavy atom. The number of rotatable bonds is 4. The van der Waals surface area contributed by atoms with Crippen molar-refractivity contribution >= 4 is 28.9 Å². The summed E-state index contributed by atoms with van der Waals surface area (Å²) in [5.74, 6) is -0.962. The number of nitrogens with zero attached hydrogens (tertiary/aromatic N) is 1. The van der Waals surface area contributed by atoms with Crippen LogP contribution in [0, 0.1) is 0 Å². The Kier molecular flexibility index (Phi) is 5.73. The van der Waals surface area contributed by atoms with E-state index in [2.05, 4.69) is 15.5 Å². The highest BCUT2D eigenvalue weighted by Gasteiger charge is 2.16. The van der Waals surface area contributed by atoms with Crippen LogP contribution in [-0.2, 0) is 9.59 Å². The van der Waals surface area contributed by atoms with Crippen LogP contribution in [0.25, 0.3) is 0 Å². The minimum atomic E-state index is -0.741. The minimum absolute atomic E-state index is 0.454. The third kappa shape index (κ3) is 4.33. The first-order valence-corrected chi connectivity index (χ1v) is 8.78. The second-order valence-electron chi connectivity index (χ2n) is 6.20. The van der Waals surface area contributed by atoms with E-state index in [1.54, 1.807) is 24.3 Å². The van der Waals surface area contributed by atoms with Crippen LogP contribution in [0.2, 0.25) is 0 Å². The smallest absolute Gasteiger partial charge is 0.314 e. The molecule has 2 aromatic carbocycles. The fraction of sp³-hybridized carbons (Fsp3) is 0.300. The molecule has 1 aliphatic heterocycles. The molecule has 0 spiro atoms. The quantitative estimate of drug-likeness (QED) is 0.828. The highest BCUT2D eigenvalue weighted by Crippen LogP contribution is 2.24. The normalized spacial score (nSPS) is 13.8. The fourth-order valence-corrected chi connectivity index (χ4v) is 3.02. The topological polar surface area (TPSA) is 70.7 Å². The van der Waals surface area contributed by atoms with Crippen molar-refractivity contribution in [2.45, 2.75) is 19.3 Å². The van der Waals surface area contributed by atoms with E-state index in [-0.39, 0.29) is 0 Å². The van der Waals surface area contributed by atoms with Crippen LogP contribution in [0.3, 0.4) is 0 Å². The summed E-state index contributed by atoms with van der Waals surface area (Å²) in [5.41, 5.74) is 2.18. The summed E-state index contributed by atoms with van der Waals surface area (Å²) in [6.07, 6.45) is 3.70. The molecule has 1 fully saturated rings. The van der Waals surface area contributed by atoms with Gasteiger partial charge in [-0.05, 0) is 55.7 Å². The zero-order valence-electron chi connectivity index (χ0n) is 14.8. The first-order valence-electron chi connectivity index (χ1n) is 8.78. The number of para-hydroxylation sites is 2. The summed E-state index contributed by atoms with van der Waals surface area (Å²) in [6.45, 7) is 2.13. The number of anilines is 3. The average molecular weight is 353 g/mol. The van der Waals surface area contributed by atoms with Gasteiger partial charge in [-0.25, -0.2) is 0 Å². The molecule has 0 bridgehead atoms. The van der Waals surface area contributed by atoms with Gasteiger partial charge in [0.2, 0.25) is 0 Å². The second kappa shape index (κ2) is 8.38. The predicted molar refractivity (Wildman–Crippen MR) is 103 cm³/mol. The Morgan fingerprint density at radius 3 is 2.23 bits per heavy atom. The van der Waals surface area contributed by atoms with Crippen molar-refractivity contribution in [1.29, 1.82) is 0 Å². The number of methoxy groups -OCH3 is 1. The van der Waals surface area contributed by atoms with Gasteiger partial charge < -0.3 is 20.3 Å². The second-order valence-corrected chi connectivity index (χ2v) is 6.20. The first kappa shape index (κ1) is 17.8. The van der Waals surface area contributed by atoms with Gasteiger partial charge in [0.25, 0.3) is 0 Å². The van der Waals surface area contributed by atoms with Crippen LogP contribution in [0.4, 0.5) is 17.1 Å². The van der Waals surface area contributed by atoms with Gasteiger partial charge in [-0.15, -0.1) is 0 Å². The van der Waals surface area contributed by atoms with E-state index in [4.69, 9.17) is 4.74 Å². The molecule has 0 unspecified atom stereocenters. The highest BCUT2D eigenvalue weighted by molar-refractivity contribution is 6.43. The number of hydrogen-bond donors (Lipinski definition) is 2. The van der Waals surface area contributed by atoms with Crippen molar-refractivity contribution in [2.24, 2.45) is 0 Å². The maximum Gasteiger partial charge on any atom is 0.314 e. The molecule has 6 nitrogen and oxygen atoms in total. The Morgan fingerprint density at radius 1 is 0.885 bits per heavy atom. The Bertz CT molecular complexity index is 768. The van der Waals surface area contributed by atoms with Gasteiger partial charge in [0.15, 0.2) is 0 Å². The number of ether oxygens (including phenoxy) is 1. The van der Waals surface area contributed by atoms with Crippen LogP contribution in [0.5, 0.6) is 5.75 Å². The van der Waals surface area contributed by atoms with Gasteiger partial charge in [0, 0.05) is 24.5 Å². The van der Waals surface area contributed by atoms with Gasteiger partial charge in [0.05, 0.1) is 12.8 Å². The lowest BCUT2D eigenvalue weighted by Crippen LogP contribution is -2.30. The third-order valence-electron chi connectivity index (χ3n) is 4.41. The molecule has 3 rings (SSSR count). The molecule has 1 heterocycles. The van der Waals surface area contributed by atoms with Crippen molar-refractivity contribution in [2.75, 3.05) is 35.7 Å². The zero-order valence-corrected chi connectivity index (χ0v) is 14.8. The maximum absolute atomic E-state index is 12.1. The Hall–Kier alpha value is -3.02. The molecule has 0 atom stereocenters. The lowest BCUT2D eigenvalue weighted by molar-refractivity contribution is -0.133. The van der Waals surface area contributed by atoms with E-state index in [0.717, 1.165) is 18.8 Å². The van der Waals surface area contributed by atoms with E-state index in [1.165, 1.54) is 26.4 Å². The molecular formula is C20H23N3O3. The summed E-state index contributed by atoms with van der Waals surface area (Å²) >= 11 is 0. The van der Waals surface area contributed by atoms with Crippen LogP contribution in [0.1, 0.15) is 19.3 Å². The monoisotopic (exact) mass is 353 g/mol. The molecule has 136 valence electrons. The molecule has 1 aliphatic rings. The number of hydrogen-bond acceptors (Lipinski definition) is 4. The Labute approximate surface area is 153 Å². The maximum atomic E-state index is 12.1. The summed E-state index contributed by atoms with van der Waals surface area (Å²) in [5, 5.41) is 5.18. The number of carbonyl (C=O) groups excluding carboxylic acids is 2. The minimum Gasteiger partial charge on any atom is -0.495 e. The molecule has 2 amide bonds. The van der Waals surface area contributed by atoms with Crippen LogP contribution in [-0.4, -0.2) is 32.0 Å². The van der Waals surface area contributed by atoms with E-state index < -0.39 is 11.8 Å². The average Bonchev–Trinajstić information content (AvgIpc) is 2.69. The van der Waals surface area contributed by atoms with Crippen LogP contribution < -0.4 is 20.3 Å². The molecule has 2 N–H and O–H groups in total. The SMILES string of the molecule is COc1ccccc1NC(=O)C(=O)Nc1ccc(N2CCCCC2)cc1. The first-order chi connectivity index (χ1) is 12.7. The lowest BCUT2D eigenvalue weighted by Gasteiger charge is -2.28. The molecule has 0 saturated carbocycles. The van der Waals surface area contributed by atoms with E-state index in [9.17, 15) is 9.59 Å². The molecular weight excluding hydrogens is 330 g/mol. The summed E-state index contributed by atoms with van der Waals surface area (Å²) in [6, 6.07) is 14.5. The molecule has 6 heteroatoms. The van der Waals surface area contributed by atoms with Gasteiger partial charge in [-0.3, -0.25) is 9.59 Å². The molecule has 26 heavy (non-hydrogen) atoms. The molecule has 0 radical (unpaired) electrons. The standard InChI is InChI=1S/C20H23N3O3/c1-26-18-8-4-3-7-17(18)22-20(25)19(24)21-15-9-11-16(12-10-15)23-13-5-2-6-14-23/h3-4,7-12H,2,5-6,13-14H2,1H3,(H,21,24)(H,22,25). The summed E-state index contributed by atoms with van der Waals surface area (Å²) in [4.78, 5) is 26.6. The number of piperidine rings is 1. The highest BCUT2D eigenvalue weighted by atomic mass is 16.5. The van der Waals surface area contributed by atoms with Crippen molar-refractivity contribution < 1.29 is 14.3 Å². The van der Waals surface area contributed by atoms with Gasteiger partial charge in [0.1, 0.15) is 5.75 Å². The van der Waals surface area contributed by atoms with Crippen molar-refractivity contribution in [3.05, 3.63) is 48.5 Å². The molecule has 1 saturated heterocycles. The van der Waals surface area contributed by atoms with Crippen molar-refractivity contribution in [1.82, 2.24) is 0 Å². The molecule has 0 aromatic heterocycles. The third-order valence-corrected chi connectivity index (χ3v) is 4.41. The van der Waals surface area contributed by atoms with Crippen molar-refractivity contribution in [3.63, 3.8) is 0 Å². The molecule has 0 aliphatic carbocycles. The number of nitrogens with one attached hydrogen (secondary N) is 2. The van der Waals surface area contributed by atoms with Gasteiger partial charge in [-0.2, -0.15) is 0 Å². The Balaban J connectivity index is 1.59. The number of benzene rings is 2. The number of amides is 2. The summed E-state index contributed by atoms with van der Waals surface area (Å²) < 4.78 is 5.16. The van der Waals surface area contributed by atoms with E-state index >= 15 is 0 Å². The summed E-state index contributed by atoms with van der Waals surface area (Å²) in [7, 11) is 1.51. The van der Waals surface area contributed by atoms with Crippen molar-refractivity contribution in [3.8, 4) is 5.75 Å².